The summed E-state index contributed by atoms with van der Waals surface area (Å²) in [5.41, 5.74) is 3.88. The molecule has 16 heavy (non-hydrogen) atoms. The smallest absolute Gasteiger partial charge is 0.0273 e. The zero-order valence-electron chi connectivity index (χ0n) is 9.43. The molecule has 0 N–H and O–H groups in total. The second-order valence-electron chi connectivity index (χ2n) is 3.81. The zero-order valence-corrected chi connectivity index (χ0v) is 9.43. The van der Waals surface area contributed by atoms with E-state index in [0.29, 0.717) is 0 Å². The Balaban J connectivity index is 2.09. The zero-order chi connectivity index (χ0) is 11.2. The molecule has 0 aliphatic rings. The molecule has 0 aliphatic heterocycles. The van der Waals surface area contributed by atoms with Gasteiger partial charge in [0.15, 0.2) is 0 Å². The van der Waals surface area contributed by atoms with Gasteiger partial charge in [-0.3, -0.25) is 4.98 Å². The van der Waals surface area contributed by atoms with E-state index in [1.807, 2.05) is 30.6 Å². The van der Waals surface area contributed by atoms with Crippen molar-refractivity contribution < 1.29 is 0 Å². The molecule has 1 aromatic heterocycles. The Bertz CT molecular complexity index is 457. The van der Waals surface area contributed by atoms with E-state index in [9.17, 15) is 0 Å². The van der Waals surface area contributed by atoms with Crippen LogP contribution in [-0.2, 0) is 6.42 Å². The summed E-state index contributed by atoms with van der Waals surface area (Å²) >= 11 is 0. The Hall–Kier alpha value is -1.89. The monoisotopic (exact) mass is 209 g/mol. The van der Waals surface area contributed by atoms with E-state index in [-0.39, 0.29) is 0 Å². The van der Waals surface area contributed by atoms with Crippen molar-refractivity contribution in [2.75, 3.05) is 0 Å². The molecule has 2 rings (SSSR count). The Morgan fingerprint density at radius 2 is 1.75 bits per heavy atom. The summed E-state index contributed by atoms with van der Waals surface area (Å²) in [7, 11) is 0. The van der Waals surface area contributed by atoms with E-state index in [0.717, 1.165) is 6.42 Å². The van der Waals surface area contributed by atoms with E-state index in [2.05, 4.69) is 42.2 Å². The Morgan fingerprint density at radius 1 is 1.06 bits per heavy atom. The molecular formula is C15H15N. The Kier molecular flexibility index (Phi) is 3.50. The lowest BCUT2D eigenvalue weighted by Gasteiger charge is -2.01. The third-order valence-electron chi connectivity index (χ3n) is 2.62. The minimum atomic E-state index is 0.981. The average Bonchev–Trinajstić information content (AvgIpc) is 2.38. The van der Waals surface area contributed by atoms with Gasteiger partial charge in [-0.25, -0.2) is 0 Å². The molecule has 1 nitrogen and oxygen atoms in total. The number of pyridine rings is 1. The lowest BCUT2D eigenvalue weighted by atomic mass is 10.1. The van der Waals surface area contributed by atoms with Gasteiger partial charge < -0.3 is 0 Å². The van der Waals surface area contributed by atoms with Crippen LogP contribution in [0.25, 0.3) is 5.57 Å². The van der Waals surface area contributed by atoms with Crippen molar-refractivity contribution in [1.82, 2.24) is 4.98 Å². The van der Waals surface area contributed by atoms with Crippen molar-refractivity contribution in [3.05, 3.63) is 72.1 Å². The molecule has 1 heteroatoms. The molecule has 1 aromatic carbocycles. The van der Waals surface area contributed by atoms with Gasteiger partial charge in [0, 0.05) is 12.4 Å². The van der Waals surface area contributed by atoms with Crippen molar-refractivity contribution in [1.29, 1.82) is 0 Å². The highest BCUT2D eigenvalue weighted by Gasteiger charge is 1.94. The number of hydrogen-bond donors (Lipinski definition) is 0. The molecule has 0 saturated carbocycles. The fraction of sp³-hybridized carbons (Fsp3) is 0.133. The van der Waals surface area contributed by atoms with Crippen molar-refractivity contribution in [2.24, 2.45) is 0 Å². The highest BCUT2D eigenvalue weighted by atomic mass is 14.6. The van der Waals surface area contributed by atoms with Gasteiger partial charge in [0.1, 0.15) is 0 Å². The minimum Gasteiger partial charge on any atom is -0.265 e. The molecule has 0 fully saturated rings. The molecule has 0 unspecified atom stereocenters. The van der Waals surface area contributed by atoms with E-state index in [4.69, 9.17) is 0 Å². The average molecular weight is 209 g/mol. The first-order chi connectivity index (χ1) is 7.86. The van der Waals surface area contributed by atoms with E-state index in [1.165, 1.54) is 16.7 Å². The first-order valence-electron chi connectivity index (χ1n) is 5.47. The number of hydrogen-bond acceptors (Lipinski definition) is 1. The normalized spacial score (nSPS) is 11.4. The molecule has 0 atom stereocenters. The van der Waals surface area contributed by atoms with Gasteiger partial charge in [-0.15, -0.1) is 0 Å². The van der Waals surface area contributed by atoms with Crippen molar-refractivity contribution in [3.63, 3.8) is 0 Å². The van der Waals surface area contributed by atoms with Gasteiger partial charge in [-0.2, -0.15) is 0 Å². The van der Waals surface area contributed by atoms with E-state index < -0.39 is 0 Å². The summed E-state index contributed by atoms with van der Waals surface area (Å²) in [4.78, 5) is 4.02. The largest absolute Gasteiger partial charge is 0.265 e. The number of benzene rings is 1. The molecule has 0 radical (unpaired) electrons. The summed E-state index contributed by atoms with van der Waals surface area (Å²) < 4.78 is 0. The van der Waals surface area contributed by atoms with Crippen molar-refractivity contribution >= 4 is 5.57 Å². The third kappa shape index (κ3) is 2.80. The highest BCUT2D eigenvalue weighted by molar-refractivity contribution is 5.63. The molecule has 0 bridgehead atoms. The first kappa shape index (κ1) is 10.6. The molecule has 2 aromatic rings. The summed E-state index contributed by atoms with van der Waals surface area (Å²) in [5, 5.41) is 0. The van der Waals surface area contributed by atoms with Crippen LogP contribution in [0.3, 0.4) is 0 Å². The maximum Gasteiger partial charge on any atom is 0.0273 e. The van der Waals surface area contributed by atoms with Crippen LogP contribution in [0.2, 0.25) is 0 Å². The summed E-state index contributed by atoms with van der Waals surface area (Å²) in [6.07, 6.45) is 6.89. The molecule has 0 saturated heterocycles. The van der Waals surface area contributed by atoms with Crippen molar-refractivity contribution in [2.45, 2.75) is 13.3 Å². The van der Waals surface area contributed by atoms with E-state index in [1.54, 1.807) is 0 Å². The van der Waals surface area contributed by atoms with Gasteiger partial charge in [-0.05, 0) is 42.2 Å². The van der Waals surface area contributed by atoms with Crippen LogP contribution in [0.15, 0.2) is 60.9 Å². The molecular weight excluding hydrogens is 194 g/mol. The SMILES string of the molecule is C/C(=C\Cc1ccccc1)c1ccncc1. The topological polar surface area (TPSA) is 12.9 Å². The maximum atomic E-state index is 4.02. The molecule has 0 spiro atoms. The molecule has 80 valence electrons. The van der Waals surface area contributed by atoms with Crippen LogP contribution in [0.5, 0.6) is 0 Å². The van der Waals surface area contributed by atoms with Gasteiger partial charge in [0.25, 0.3) is 0 Å². The quantitative estimate of drug-likeness (QED) is 0.750. The minimum absolute atomic E-state index is 0.981. The predicted molar refractivity (Wildman–Crippen MR) is 68.0 cm³/mol. The number of allylic oxidation sites excluding steroid dienone is 2. The van der Waals surface area contributed by atoms with Crippen LogP contribution < -0.4 is 0 Å². The summed E-state index contributed by atoms with van der Waals surface area (Å²) in [5.74, 6) is 0. The van der Waals surface area contributed by atoms with Gasteiger partial charge in [0.2, 0.25) is 0 Å². The van der Waals surface area contributed by atoms with Gasteiger partial charge in [0.05, 0.1) is 0 Å². The van der Waals surface area contributed by atoms with Gasteiger partial charge in [-0.1, -0.05) is 36.4 Å². The van der Waals surface area contributed by atoms with E-state index >= 15 is 0 Å². The molecule has 0 amide bonds. The van der Waals surface area contributed by atoms with Crippen LogP contribution in [0, 0.1) is 0 Å². The molecule has 1 heterocycles. The van der Waals surface area contributed by atoms with Gasteiger partial charge >= 0.3 is 0 Å². The highest BCUT2D eigenvalue weighted by Crippen LogP contribution is 2.13. The van der Waals surface area contributed by atoms with Crippen molar-refractivity contribution in [3.8, 4) is 0 Å². The molecule has 0 aliphatic carbocycles. The summed E-state index contributed by atoms with van der Waals surface area (Å²) in [6.45, 7) is 2.14. The maximum absolute atomic E-state index is 4.02. The number of aromatic nitrogens is 1. The van der Waals surface area contributed by atoms with Crippen LogP contribution in [0.1, 0.15) is 18.1 Å². The Labute approximate surface area is 96.5 Å². The lowest BCUT2D eigenvalue weighted by molar-refractivity contribution is 1.26. The lowest BCUT2D eigenvalue weighted by Crippen LogP contribution is -1.83. The van der Waals surface area contributed by atoms with Crippen LogP contribution in [-0.4, -0.2) is 4.98 Å². The second-order valence-corrected chi connectivity index (χ2v) is 3.81. The Morgan fingerprint density at radius 3 is 2.44 bits per heavy atom. The first-order valence-corrected chi connectivity index (χ1v) is 5.47. The fourth-order valence-electron chi connectivity index (χ4n) is 1.62. The fourth-order valence-corrected chi connectivity index (χ4v) is 1.62. The second kappa shape index (κ2) is 5.26. The standard InChI is InChI=1S/C15H15N/c1-13(15-9-11-16-12-10-15)7-8-14-5-3-2-4-6-14/h2-7,9-12H,8H2,1H3/b13-7+. The number of nitrogens with zero attached hydrogens (tertiary/aromatic N) is 1. The van der Waals surface area contributed by atoms with Crippen LogP contribution in [0.4, 0.5) is 0 Å². The summed E-state index contributed by atoms with van der Waals surface area (Å²) in [6, 6.07) is 14.6. The third-order valence-corrected chi connectivity index (χ3v) is 2.62. The van der Waals surface area contributed by atoms with Crippen LogP contribution >= 0.6 is 0 Å². The predicted octanol–water partition coefficient (Wildman–Crippen LogP) is 3.73. The number of rotatable bonds is 3.